The minimum atomic E-state index is -0.378. The molecular formula is C25H31N3O7. The van der Waals surface area contributed by atoms with Crippen molar-refractivity contribution in [1.29, 1.82) is 0 Å². The van der Waals surface area contributed by atoms with Gasteiger partial charge in [-0.05, 0) is 49.4 Å². The largest absolute Gasteiger partial charge is 0.491 e. The molecule has 188 valence electrons. The normalized spacial score (nSPS) is 11.0. The van der Waals surface area contributed by atoms with E-state index in [-0.39, 0.29) is 17.5 Å². The minimum absolute atomic E-state index is 0.0500. The molecule has 0 aliphatic carbocycles. The van der Waals surface area contributed by atoms with Gasteiger partial charge in [-0.1, -0.05) is 0 Å². The molecule has 10 nitrogen and oxygen atoms in total. The number of anilines is 1. The zero-order valence-corrected chi connectivity index (χ0v) is 20.0. The summed E-state index contributed by atoms with van der Waals surface area (Å²) >= 11 is 0. The maximum atomic E-state index is 12.5. The predicted molar refractivity (Wildman–Crippen MR) is 130 cm³/mol. The van der Waals surface area contributed by atoms with Crippen molar-refractivity contribution in [3.05, 3.63) is 53.9 Å². The molecule has 35 heavy (non-hydrogen) atoms. The second-order valence-electron chi connectivity index (χ2n) is 7.53. The average molecular weight is 486 g/mol. The maximum Gasteiger partial charge on any atom is 0.291 e. The van der Waals surface area contributed by atoms with Crippen LogP contribution < -0.4 is 10.1 Å². The van der Waals surface area contributed by atoms with E-state index in [4.69, 9.17) is 23.7 Å². The van der Waals surface area contributed by atoms with Crippen LogP contribution in [0.4, 0.5) is 5.69 Å². The number of imidazole rings is 1. The van der Waals surface area contributed by atoms with Crippen LogP contribution in [0.5, 0.6) is 5.75 Å². The topological polar surface area (TPSA) is 121 Å². The average Bonchev–Trinajstić information content (AvgIpc) is 3.29. The summed E-state index contributed by atoms with van der Waals surface area (Å²) < 4.78 is 26.7. The summed E-state index contributed by atoms with van der Waals surface area (Å²) in [6.07, 6.45) is 0. The lowest BCUT2D eigenvalue weighted by atomic mass is 10.1. The van der Waals surface area contributed by atoms with Crippen LogP contribution in [0, 0.1) is 0 Å². The monoisotopic (exact) mass is 485 g/mol. The number of hydrogen-bond acceptors (Lipinski definition) is 8. The van der Waals surface area contributed by atoms with E-state index in [1.165, 1.54) is 6.92 Å². The summed E-state index contributed by atoms with van der Waals surface area (Å²) in [4.78, 5) is 31.3. The van der Waals surface area contributed by atoms with E-state index in [1.54, 1.807) is 49.6 Å². The Kier molecular flexibility index (Phi) is 10.6. The number of aromatic amines is 1. The van der Waals surface area contributed by atoms with Crippen molar-refractivity contribution in [2.45, 2.75) is 6.92 Å². The van der Waals surface area contributed by atoms with E-state index in [0.29, 0.717) is 80.9 Å². The molecule has 2 aromatic carbocycles. The summed E-state index contributed by atoms with van der Waals surface area (Å²) in [6.45, 7) is 5.48. The summed E-state index contributed by atoms with van der Waals surface area (Å²) in [5, 5.41) is 2.79. The predicted octanol–water partition coefficient (Wildman–Crippen LogP) is 3.09. The molecular weight excluding hydrogens is 454 g/mol. The third-order valence-electron chi connectivity index (χ3n) is 4.89. The fourth-order valence-electron chi connectivity index (χ4n) is 3.06. The van der Waals surface area contributed by atoms with Crippen LogP contribution in [-0.4, -0.2) is 81.6 Å². The molecule has 0 radical (unpaired) electrons. The molecule has 1 heterocycles. The van der Waals surface area contributed by atoms with Crippen LogP contribution in [0.15, 0.2) is 42.5 Å². The quantitative estimate of drug-likeness (QED) is 0.235. The molecule has 0 unspecified atom stereocenters. The number of fused-ring (bicyclic) bond motifs is 1. The highest BCUT2D eigenvalue weighted by molar-refractivity contribution is 6.04. The van der Waals surface area contributed by atoms with Crippen LogP contribution >= 0.6 is 0 Å². The van der Waals surface area contributed by atoms with E-state index in [1.807, 2.05) is 0 Å². The lowest BCUT2D eigenvalue weighted by molar-refractivity contribution is 0.000164. The molecule has 0 aliphatic rings. The molecule has 0 aliphatic heterocycles. The molecule has 0 atom stereocenters. The lowest BCUT2D eigenvalue weighted by Gasteiger charge is -2.09. The van der Waals surface area contributed by atoms with Crippen LogP contribution in [0.2, 0.25) is 0 Å². The number of carbonyl (C=O) groups excluding carboxylic acids is 2. The van der Waals surface area contributed by atoms with Gasteiger partial charge in [-0.15, -0.1) is 0 Å². The number of ether oxygens (including phenoxy) is 5. The van der Waals surface area contributed by atoms with E-state index >= 15 is 0 Å². The van der Waals surface area contributed by atoms with E-state index in [2.05, 4.69) is 15.3 Å². The Morgan fingerprint density at radius 2 is 1.49 bits per heavy atom. The number of methoxy groups -OCH3 is 1. The molecule has 10 heteroatoms. The SMILES string of the molecule is COCCOCCOCCOCCOc1ccc(NC(=O)c2nc3ccc(C(C)=O)cc3[nH]2)cc1. The van der Waals surface area contributed by atoms with Crippen LogP contribution in [-0.2, 0) is 18.9 Å². The first-order chi connectivity index (χ1) is 17.1. The Balaban J connectivity index is 1.32. The summed E-state index contributed by atoms with van der Waals surface area (Å²) in [6, 6.07) is 12.1. The number of nitrogens with one attached hydrogen (secondary N) is 2. The van der Waals surface area contributed by atoms with E-state index in [0.717, 1.165) is 0 Å². The van der Waals surface area contributed by atoms with Gasteiger partial charge in [-0.25, -0.2) is 4.98 Å². The summed E-state index contributed by atoms with van der Waals surface area (Å²) in [5.74, 6) is 0.403. The molecule has 3 aromatic rings. The zero-order chi connectivity index (χ0) is 24.9. The molecule has 1 aromatic heterocycles. The Labute approximate surface area is 203 Å². The highest BCUT2D eigenvalue weighted by Crippen LogP contribution is 2.18. The van der Waals surface area contributed by atoms with Gasteiger partial charge in [0.25, 0.3) is 5.91 Å². The number of ketones is 1. The van der Waals surface area contributed by atoms with Crippen molar-refractivity contribution in [1.82, 2.24) is 9.97 Å². The van der Waals surface area contributed by atoms with Crippen LogP contribution in [0.25, 0.3) is 11.0 Å². The van der Waals surface area contributed by atoms with Crippen molar-refractivity contribution >= 4 is 28.4 Å². The zero-order valence-electron chi connectivity index (χ0n) is 20.0. The first kappa shape index (κ1) is 26.3. The van der Waals surface area contributed by atoms with Crippen molar-refractivity contribution in [2.24, 2.45) is 0 Å². The van der Waals surface area contributed by atoms with Gasteiger partial charge < -0.3 is 34.0 Å². The van der Waals surface area contributed by atoms with E-state index in [9.17, 15) is 9.59 Å². The van der Waals surface area contributed by atoms with Crippen molar-refractivity contribution in [3.8, 4) is 5.75 Å². The fraction of sp³-hybridized carbons (Fsp3) is 0.400. The Bertz CT molecular complexity index is 1080. The minimum Gasteiger partial charge on any atom is -0.491 e. The molecule has 3 rings (SSSR count). The highest BCUT2D eigenvalue weighted by atomic mass is 16.6. The molecule has 0 saturated carbocycles. The highest BCUT2D eigenvalue weighted by Gasteiger charge is 2.13. The number of Topliss-reactive ketones (excluding diaryl/α,β-unsaturated/α-hetero) is 1. The number of benzene rings is 2. The van der Waals surface area contributed by atoms with Crippen molar-refractivity contribution in [2.75, 3.05) is 65.3 Å². The number of aromatic nitrogens is 2. The fourth-order valence-corrected chi connectivity index (χ4v) is 3.06. The van der Waals surface area contributed by atoms with Crippen molar-refractivity contribution < 1.29 is 33.3 Å². The molecule has 0 bridgehead atoms. The summed E-state index contributed by atoms with van der Waals surface area (Å²) in [7, 11) is 1.63. The molecule has 0 spiro atoms. The number of H-pyrrole nitrogens is 1. The number of hydrogen-bond donors (Lipinski definition) is 2. The third kappa shape index (κ3) is 8.76. The first-order valence-electron chi connectivity index (χ1n) is 11.3. The van der Waals surface area contributed by atoms with Crippen molar-refractivity contribution in [3.63, 3.8) is 0 Å². The summed E-state index contributed by atoms with van der Waals surface area (Å²) in [5.41, 5.74) is 2.41. The van der Waals surface area contributed by atoms with Gasteiger partial charge >= 0.3 is 0 Å². The smallest absolute Gasteiger partial charge is 0.291 e. The second kappa shape index (κ2) is 14.2. The second-order valence-corrected chi connectivity index (χ2v) is 7.53. The number of nitrogens with zero attached hydrogens (tertiary/aromatic N) is 1. The van der Waals surface area contributed by atoms with Gasteiger partial charge in [0.15, 0.2) is 11.6 Å². The van der Waals surface area contributed by atoms with E-state index < -0.39 is 0 Å². The Morgan fingerprint density at radius 3 is 2.11 bits per heavy atom. The van der Waals surface area contributed by atoms with Gasteiger partial charge in [0.2, 0.25) is 0 Å². The first-order valence-corrected chi connectivity index (χ1v) is 11.3. The van der Waals surface area contributed by atoms with Gasteiger partial charge in [0, 0.05) is 18.4 Å². The van der Waals surface area contributed by atoms with Gasteiger partial charge in [0.1, 0.15) is 12.4 Å². The van der Waals surface area contributed by atoms with Gasteiger partial charge in [-0.3, -0.25) is 9.59 Å². The maximum absolute atomic E-state index is 12.5. The van der Waals surface area contributed by atoms with Gasteiger partial charge in [-0.2, -0.15) is 0 Å². The number of rotatable bonds is 16. The molecule has 0 fully saturated rings. The molecule has 1 amide bonds. The lowest BCUT2D eigenvalue weighted by Crippen LogP contribution is -2.14. The Morgan fingerprint density at radius 1 is 0.857 bits per heavy atom. The number of amides is 1. The Hall–Kier alpha value is -3.31. The number of carbonyl (C=O) groups is 2. The van der Waals surface area contributed by atoms with Crippen LogP contribution in [0.3, 0.4) is 0 Å². The van der Waals surface area contributed by atoms with Gasteiger partial charge in [0.05, 0.1) is 57.3 Å². The third-order valence-corrected chi connectivity index (χ3v) is 4.89. The van der Waals surface area contributed by atoms with Crippen LogP contribution in [0.1, 0.15) is 27.9 Å². The molecule has 0 saturated heterocycles. The molecule has 2 N–H and O–H groups in total. The standard InChI is InChI=1S/C25H31N3O7/c1-18(29)19-3-8-22-23(17-19)28-24(27-22)25(30)26-20-4-6-21(7-5-20)35-16-15-34-14-13-33-12-11-32-10-9-31-2/h3-8,17H,9-16H2,1-2H3,(H,26,30)(H,27,28).